The van der Waals surface area contributed by atoms with Crippen LogP contribution in [-0.2, 0) is 6.54 Å². The molecule has 0 unspecified atom stereocenters. The van der Waals surface area contributed by atoms with E-state index in [-0.39, 0.29) is 12.0 Å². The lowest BCUT2D eigenvalue weighted by Crippen LogP contribution is -2.39. The van der Waals surface area contributed by atoms with E-state index in [0.717, 1.165) is 30.8 Å². The van der Waals surface area contributed by atoms with Gasteiger partial charge in [-0.2, -0.15) is 0 Å². The van der Waals surface area contributed by atoms with Gasteiger partial charge in [-0.05, 0) is 31.0 Å². The average molecular weight is 312 g/mol. The number of carbonyl (C=O) groups is 1. The van der Waals surface area contributed by atoms with Gasteiger partial charge in [-0.25, -0.2) is 4.98 Å². The molecule has 1 aliphatic rings. The number of pyridine rings is 2. The fraction of sp³-hybridized carbons (Fsp3) is 0.353. The molecule has 1 atom stereocenters. The molecule has 6 heteroatoms. The quantitative estimate of drug-likeness (QED) is 0.891. The van der Waals surface area contributed by atoms with Gasteiger partial charge in [0, 0.05) is 37.6 Å². The number of amides is 1. The Morgan fingerprint density at radius 1 is 1.26 bits per heavy atom. The second-order valence-corrected chi connectivity index (χ2v) is 5.63. The predicted octanol–water partition coefficient (Wildman–Crippen LogP) is 1.37. The van der Waals surface area contributed by atoms with Gasteiger partial charge in [-0.1, -0.05) is 12.1 Å². The molecule has 1 fully saturated rings. The van der Waals surface area contributed by atoms with E-state index >= 15 is 0 Å². The third kappa shape index (κ3) is 3.84. The molecule has 3 rings (SSSR count). The molecule has 0 radical (unpaired) electrons. The Bertz CT molecular complexity index is 663. The molecule has 0 bridgehead atoms. The number of rotatable bonds is 4. The van der Waals surface area contributed by atoms with Crippen LogP contribution >= 0.6 is 0 Å². The summed E-state index contributed by atoms with van der Waals surface area (Å²) in [5.41, 5.74) is 1.33. The summed E-state index contributed by atoms with van der Waals surface area (Å²) < 4.78 is 0. The van der Waals surface area contributed by atoms with E-state index in [9.17, 15) is 9.90 Å². The number of piperidine rings is 1. The first kappa shape index (κ1) is 15.4. The van der Waals surface area contributed by atoms with E-state index in [1.54, 1.807) is 30.6 Å². The van der Waals surface area contributed by atoms with Crippen LogP contribution in [0.15, 0.2) is 42.7 Å². The lowest BCUT2D eigenvalue weighted by Gasteiger charge is -2.32. The summed E-state index contributed by atoms with van der Waals surface area (Å²) in [6.45, 7) is 1.83. The second-order valence-electron chi connectivity index (χ2n) is 5.63. The fourth-order valence-electron chi connectivity index (χ4n) is 2.76. The van der Waals surface area contributed by atoms with Crippen molar-refractivity contribution in [1.29, 1.82) is 0 Å². The molecule has 1 aliphatic heterocycles. The maximum atomic E-state index is 12.1. The maximum absolute atomic E-state index is 12.1. The van der Waals surface area contributed by atoms with Gasteiger partial charge in [0.15, 0.2) is 0 Å². The minimum absolute atomic E-state index is 0.209. The molecule has 6 nitrogen and oxygen atoms in total. The molecular formula is C17H20N4O2. The SMILES string of the molecule is O=C(NCc1cccnc1N1CCC[C@H](O)C1)c1ccccn1. The Hall–Kier alpha value is -2.47. The van der Waals surface area contributed by atoms with E-state index in [2.05, 4.69) is 20.2 Å². The van der Waals surface area contributed by atoms with Crippen LogP contribution in [0.3, 0.4) is 0 Å². The summed E-state index contributed by atoms with van der Waals surface area (Å²) in [7, 11) is 0. The molecular weight excluding hydrogens is 292 g/mol. The Morgan fingerprint density at radius 3 is 2.91 bits per heavy atom. The lowest BCUT2D eigenvalue weighted by molar-refractivity contribution is 0.0946. The van der Waals surface area contributed by atoms with Crippen molar-refractivity contribution in [3.05, 3.63) is 54.0 Å². The Balaban J connectivity index is 1.70. The molecule has 3 heterocycles. The van der Waals surface area contributed by atoms with E-state index < -0.39 is 0 Å². The van der Waals surface area contributed by atoms with Crippen LogP contribution in [0, 0.1) is 0 Å². The third-order valence-corrected chi connectivity index (χ3v) is 3.90. The predicted molar refractivity (Wildman–Crippen MR) is 87.1 cm³/mol. The molecule has 2 aromatic heterocycles. The van der Waals surface area contributed by atoms with Crippen LogP contribution < -0.4 is 10.2 Å². The molecule has 0 aromatic carbocycles. The van der Waals surface area contributed by atoms with Crippen molar-refractivity contribution >= 4 is 11.7 Å². The van der Waals surface area contributed by atoms with Gasteiger partial charge in [-0.3, -0.25) is 9.78 Å². The first-order chi connectivity index (χ1) is 11.2. The van der Waals surface area contributed by atoms with Gasteiger partial charge in [0.2, 0.25) is 0 Å². The normalized spacial score (nSPS) is 17.8. The van der Waals surface area contributed by atoms with Gasteiger partial charge in [0.05, 0.1) is 6.10 Å². The number of aliphatic hydroxyl groups excluding tert-OH is 1. The minimum Gasteiger partial charge on any atom is -0.391 e. The Morgan fingerprint density at radius 2 is 2.13 bits per heavy atom. The van der Waals surface area contributed by atoms with E-state index in [1.165, 1.54) is 0 Å². The number of aliphatic hydroxyl groups is 1. The van der Waals surface area contributed by atoms with Gasteiger partial charge in [0.1, 0.15) is 11.5 Å². The zero-order valence-electron chi connectivity index (χ0n) is 12.9. The number of β-amino-alcohol motifs (C(OH)–C–C–N with tert-alkyl or cyclic N) is 1. The van der Waals surface area contributed by atoms with Gasteiger partial charge >= 0.3 is 0 Å². The lowest BCUT2D eigenvalue weighted by atomic mass is 10.1. The van der Waals surface area contributed by atoms with E-state index in [4.69, 9.17) is 0 Å². The van der Waals surface area contributed by atoms with Crippen molar-refractivity contribution in [2.45, 2.75) is 25.5 Å². The number of aromatic nitrogens is 2. The van der Waals surface area contributed by atoms with Gasteiger partial charge < -0.3 is 15.3 Å². The fourth-order valence-corrected chi connectivity index (χ4v) is 2.76. The van der Waals surface area contributed by atoms with Crippen molar-refractivity contribution in [1.82, 2.24) is 15.3 Å². The van der Waals surface area contributed by atoms with E-state index in [1.807, 2.05) is 12.1 Å². The largest absolute Gasteiger partial charge is 0.391 e. The first-order valence-electron chi connectivity index (χ1n) is 7.80. The molecule has 2 N–H and O–H groups in total. The number of hydrogen-bond donors (Lipinski definition) is 2. The van der Waals surface area contributed by atoms with Gasteiger partial charge in [-0.15, -0.1) is 0 Å². The van der Waals surface area contributed by atoms with Crippen molar-refractivity contribution in [2.75, 3.05) is 18.0 Å². The van der Waals surface area contributed by atoms with Crippen LogP contribution in [0.5, 0.6) is 0 Å². The second kappa shape index (κ2) is 7.19. The Kier molecular flexibility index (Phi) is 4.83. The summed E-state index contributed by atoms with van der Waals surface area (Å²) in [5.74, 6) is 0.617. The number of nitrogens with one attached hydrogen (secondary N) is 1. The zero-order chi connectivity index (χ0) is 16.1. The van der Waals surface area contributed by atoms with Crippen molar-refractivity contribution in [3.8, 4) is 0 Å². The summed E-state index contributed by atoms with van der Waals surface area (Å²) in [5, 5.41) is 12.7. The molecule has 2 aromatic rings. The summed E-state index contributed by atoms with van der Waals surface area (Å²) in [6.07, 6.45) is 4.79. The molecule has 120 valence electrons. The summed E-state index contributed by atoms with van der Waals surface area (Å²) in [4.78, 5) is 22.7. The van der Waals surface area contributed by atoms with Crippen LogP contribution in [0.25, 0.3) is 0 Å². The monoisotopic (exact) mass is 312 g/mol. The summed E-state index contributed by atoms with van der Waals surface area (Å²) >= 11 is 0. The van der Waals surface area contributed by atoms with Crippen molar-refractivity contribution < 1.29 is 9.90 Å². The smallest absolute Gasteiger partial charge is 0.270 e. The molecule has 1 amide bonds. The highest BCUT2D eigenvalue weighted by molar-refractivity contribution is 5.92. The van der Waals surface area contributed by atoms with Crippen LogP contribution in [0.2, 0.25) is 0 Å². The molecule has 1 saturated heterocycles. The number of anilines is 1. The van der Waals surface area contributed by atoms with Crippen LogP contribution in [0.4, 0.5) is 5.82 Å². The number of hydrogen-bond acceptors (Lipinski definition) is 5. The molecule has 23 heavy (non-hydrogen) atoms. The van der Waals surface area contributed by atoms with Gasteiger partial charge in [0.25, 0.3) is 5.91 Å². The van der Waals surface area contributed by atoms with Crippen molar-refractivity contribution in [3.63, 3.8) is 0 Å². The standard InChI is InChI=1S/C17H20N4O2/c22-14-6-4-10-21(12-14)16-13(5-3-9-19-16)11-20-17(23)15-7-1-2-8-18-15/h1-3,5,7-9,14,22H,4,6,10-12H2,(H,20,23)/t14-/m0/s1. The molecule has 0 saturated carbocycles. The topological polar surface area (TPSA) is 78.4 Å². The number of carbonyl (C=O) groups excluding carboxylic acids is 1. The first-order valence-corrected chi connectivity index (χ1v) is 7.80. The van der Waals surface area contributed by atoms with Crippen molar-refractivity contribution in [2.24, 2.45) is 0 Å². The third-order valence-electron chi connectivity index (χ3n) is 3.90. The highest BCUT2D eigenvalue weighted by Gasteiger charge is 2.21. The molecule has 0 spiro atoms. The highest BCUT2D eigenvalue weighted by Crippen LogP contribution is 2.21. The van der Waals surface area contributed by atoms with Crippen LogP contribution in [0.1, 0.15) is 28.9 Å². The maximum Gasteiger partial charge on any atom is 0.270 e. The summed E-state index contributed by atoms with van der Waals surface area (Å²) in [6, 6.07) is 9.04. The average Bonchev–Trinajstić information content (AvgIpc) is 2.60. The number of nitrogens with zero attached hydrogens (tertiary/aromatic N) is 3. The Labute approximate surface area is 135 Å². The highest BCUT2D eigenvalue weighted by atomic mass is 16.3. The minimum atomic E-state index is -0.318. The van der Waals surface area contributed by atoms with E-state index in [0.29, 0.717) is 18.8 Å². The van der Waals surface area contributed by atoms with Crippen LogP contribution in [-0.4, -0.2) is 40.2 Å². The molecule has 0 aliphatic carbocycles. The zero-order valence-corrected chi connectivity index (χ0v) is 12.9.